The van der Waals surface area contributed by atoms with Crippen molar-refractivity contribution in [2.45, 2.75) is 19.4 Å². The Bertz CT molecular complexity index is 994. The zero-order chi connectivity index (χ0) is 21.4. The molecule has 2 fully saturated rings. The summed E-state index contributed by atoms with van der Waals surface area (Å²) in [5.74, 6) is 1.96. The van der Waals surface area contributed by atoms with Gasteiger partial charge in [-0.15, -0.1) is 0 Å². The summed E-state index contributed by atoms with van der Waals surface area (Å²) >= 11 is 3.47. The summed E-state index contributed by atoms with van der Waals surface area (Å²) in [6, 6.07) is 7.48. The summed E-state index contributed by atoms with van der Waals surface area (Å²) in [4.78, 5) is 44.5. The lowest BCUT2D eigenvalue weighted by Gasteiger charge is -2.36. The number of hydrogen-bond donors (Lipinski definition) is 0. The zero-order valence-corrected chi connectivity index (χ0v) is 18.9. The summed E-state index contributed by atoms with van der Waals surface area (Å²) in [6.45, 7) is 3.46. The highest BCUT2D eigenvalue weighted by Gasteiger charge is 2.39. The number of rotatable bonds is 4. The molecule has 8 heteroatoms. The van der Waals surface area contributed by atoms with E-state index in [9.17, 15) is 14.4 Å². The third kappa shape index (κ3) is 3.87. The molecule has 0 unspecified atom stereocenters. The van der Waals surface area contributed by atoms with Crippen molar-refractivity contribution in [1.82, 2.24) is 9.80 Å². The lowest BCUT2D eigenvalue weighted by atomic mass is 9.94. The molecule has 31 heavy (non-hydrogen) atoms. The fraction of sp³-hybridized carbons (Fsp3) is 0.435. The molecule has 1 aromatic carbocycles. The van der Waals surface area contributed by atoms with Crippen LogP contribution in [0.2, 0.25) is 0 Å². The summed E-state index contributed by atoms with van der Waals surface area (Å²) in [6.07, 6.45) is 1.57. The molecule has 0 aliphatic carbocycles. The SMILES string of the molecule is O=C(C1CCN(c2cccc3c2C(=O)N(Cc2ccsc2)C3=O)CC1)N1CCSCC1. The molecule has 4 heterocycles. The van der Waals surface area contributed by atoms with Crippen LogP contribution >= 0.6 is 23.1 Å². The maximum atomic E-state index is 13.2. The summed E-state index contributed by atoms with van der Waals surface area (Å²) in [7, 11) is 0. The molecule has 3 aliphatic rings. The van der Waals surface area contributed by atoms with Gasteiger partial charge in [-0.2, -0.15) is 23.1 Å². The van der Waals surface area contributed by atoms with Gasteiger partial charge in [0, 0.05) is 43.6 Å². The van der Waals surface area contributed by atoms with Crippen LogP contribution in [0.15, 0.2) is 35.0 Å². The van der Waals surface area contributed by atoms with Crippen molar-refractivity contribution in [1.29, 1.82) is 0 Å². The number of piperidine rings is 1. The number of benzene rings is 1. The number of nitrogens with zero attached hydrogens (tertiary/aromatic N) is 3. The van der Waals surface area contributed by atoms with Gasteiger partial charge in [-0.05, 0) is 47.4 Å². The lowest BCUT2D eigenvalue weighted by Crippen LogP contribution is -2.45. The second-order valence-electron chi connectivity index (χ2n) is 8.23. The number of thiophene rings is 1. The number of fused-ring (bicyclic) bond motifs is 1. The maximum Gasteiger partial charge on any atom is 0.263 e. The molecule has 6 nitrogen and oxygen atoms in total. The van der Waals surface area contributed by atoms with Gasteiger partial charge in [0.05, 0.1) is 23.4 Å². The van der Waals surface area contributed by atoms with Crippen LogP contribution in [0.3, 0.4) is 0 Å². The van der Waals surface area contributed by atoms with Gasteiger partial charge in [-0.3, -0.25) is 19.3 Å². The van der Waals surface area contributed by atoms with Gasteiger partial charge in [0.15, 0.2) is 0 Å². The Kier molecular flexibility index (Phi) is 5.75. The Balaban J connectivity index is 1.30. The van der Waals surface area contributed by atoms with Crippen molar-refractivity contribution >= 4 is 46.5 Å². The average molecular weight is 456 g/mol. The first-order valence-electron chi connectivity index (χ1n) is 10.8. The lowest BCUT2D eigenvalue weighted by molar-refractivity contribution is -0.135. The highest BCUT2D eigenvalue weighted by atomic mass is 32.2. The molecule has 0 saturated carbocycles. The standard InChI is InChI=1S/C23H25N3O3S2/c27-21(25-9-12-30-13-10-25)17-4-7-24(8-5-17)19-3-1-2-18-20(19)23(29)26(22(18)28)14-16-6-11-31-15-16/h1-3,6,11,15,17H,4-5,7-10,12-14H2. The van der Waals surface area contributed by atoms with Crippen LogP contribution in [-0.2, 0) is 11.3 Å². The molecule has 0 bridgehead atoms. The Hall–Kier alpha value is -2.32. The van der Waals surface area contributed by atoms with Crippen molar-refractivity contribution in [3.8, 4) is 0 Å². The van der Waals surface area contributed by atoms with E-state index in [1.165, 1.54) is 4.90 Å². The zero-order valence-electron chi connectivity index (χ0n) is 17.3. The van der Waals surface area contributed by atoms with E-state index in [-0.39, 0.29) is 23.6 Å². The molecular formula is C23H25N3O3S2. The van der Waals surface area contributed by atoms with Gasteiger partial charge in [0.2, 0.25) is 5.91 Å². The molecule has 0 radical (unpaired) electrons. The first-order valence-corrected chi connectivity index (χ1v) is 12.8. The predicted molar refractivity (Wildman–Crippen MR) is 124 cm³/mol. The first kappa shape index (κ1) is 20.6. The predicted octanol–water partition coefficient (Wildman–Crippen LogP) is 3.34. The van der Waals surface area contributed by atoms with E-state index in [0.29, 0.717) is 17.7 Å². The van der Waals surface area contributed by atoms with E-state index in [4.69, 9.17) is 0 Å². The van der Waals surface area contributed by atoms with E-state index in [2.05, 4.69) is 4.90 Å². The largest absolute Gasteiger partial charge is 0.371 e. The van der Waals surface area contributed by atoms with Crippen LogP contribution < -0.4 is 4.90 Å². The summed E-state index contributed by atoms with van der Waals surface area (Å²) in [5.41, 5.74) is 2.79. The number of amides is 3. The Morgan fingerprint density at radius 2 is 1.77 bits per heavy atom. The van der Waals surface area contributed by atoms with Crippen molar-refractivity contribution in [3.05, 3.63) is 51.7 Å². The number of anilines is 1. The van der Waals surface area contributed by atoms with E-state index in [1.54, 1.807) is 17.4 Å². The molecule has 5 rings (SSSR count). The third-order valence-electron chi connectivity index (χ3n) is 6.41. The van der Waals surface area contributed by atoms with Crippen LogP contribution in [0.4, 0.5) is 5.69 Å². The van der Waals surface area contributed by atoms with Gasteiger partial charge in [0.1, 0.15) is 0 Å². The molecule has 0 spiro atoms. The molecule has 162 valence electrons. The maximum absolute atomic E-state index is 13.2. The summed E-state index contributed by atoms with van der Waals surface area (Å²) < 4.78 is 0. The fourth-order valence-electron chi connectivity index (χ4n) is 4.70. The second-order valence-corrected chi connectivity index (χ2v) is 10.2. The van der Waals surface area contributed by atoms with Crippen molar-refractivity contribution < 1.29 is 14.4 Å². The van der Waals surface area contributed by atoms with Crippen LogP contribution in [0.5, 0.6) is 0 Å². The van der Waals surface area contributed by atoms with Gasteiger partial charge in [-0.1, -0.05) is 6.07 Å². The van der Waals surface area contributed by atoms with E-state index in [1.807, 2.05) is 45.6 Å². The third-order valence-corrected chi connectivity index (χ3v) is 8.08. The molecule has 0 N–H and O–H groups in total. The molecule has 3 aliphatic heterocycles. The molecule has 0 atom stereocenters. The average Bonchev–Trinajstić information content (AvgIpc) is 3.42. The van der Waals surface area contributed by atoms with E-state index < -0.39 is 0 Å². The van der Waals surface area contributed by atoms with Crippen molar-refractivity contribution in [2.24, 2.45) is 5.92 Å². The Labute approximate surface area is 190 Å². The number of hydrogen-bond acceptors (Lipinski definition) is 6. The Morgan fingerprint density at radius 3 is 2.48 bits per heavy atom. The molecule has 3 amide bonds. The van der Waals surface area contributed by atoms with Gasteiger partial charge in [-0.25, -0.2) is 0 Å². The quantitative estimate of drug-likeness (QED) is 0.662. The number of carbonyl (C=O) groups is 3. The summed E-state index contributed by atoms with van der Waals surface area (Å²) in [5, 5.41) is 3.92. The minimum atomic E-state index is -0.221. The van der Waals surface area contributed by atoms with Gasteiger partial charge >= 0.3 is 0 Å². The normalized spacial score (nSPS) is 19.8. The molecule has 2 saturated heterocycles. The minimum absolute atomic E-state index is 0.0588. The molecular weight excluding hydrogens is 430 g/mol. The van der Waals surface area contributed by atoms with E-state index in [0.717, 1.165) is 61.8 Å². The highest BCUT2D eigenvalue weighted by molar-refractivity contribution is 7.99. The van der Waals surface area contributed by atoms with Crippen LogP contribution in [0, 0.1) is 5.92 Å². The van der Waals surface area contributed by atoms with Crippen LogP contribution in [0.1, 0.15) is 39.1 Å². The van der Waals surface area contributed by atoms with Crippen LogP contribution in [0.25, 0.3) is 0 Å². The van der Waals surface area contributed by atoms with Gasteiger partial charge in [0.25, 0.3) is 11.8 Å². The van der Waals surface area contributed by atoms with Gasteiger partial charge < -0.3 is 9.80 Å². The number of imide groups is 1. The van der Waals surface area contributed by atoms with Crippen molar-refractivity contribution in [2.75, 3.05) is 42.6 Å². The fourth-order valence-corrected chi connectivity index (χ4v) is 6.26. The van der Waals surface area contributed by atoms with Crippen molar-refractivity contribution in [3.63, 3.8) is 0 Å². The monoisotopic (exact) mass is 455 g/mol. The topological polar surface area (TPSA) is 60.9 Å². The molecule has 1 aromatic heterocycles. The smallest absolute Gasteiger partial charge is 0.263 e. The van der Waals surface area contributed by atoms with E-state index >= 15 is 0 Å². The highest BCUT2D eigenvalue weighted by Crippen LogP contribution is 2.35. The Morgan fingerprint density at radius 1 is 1.00 bits per heavy atom. The number of thioether (sulfide) groups is 1. The van der Waals surface area contributed by atoms with Crippen LogP contribution in [-0.4, -0.2) is 65.2 Å². The molecule has 2 aromatic rings. The number of carbonyl (C=O) groups excluding carboxylic acids is 3. The first-order chi connectivity index (χ1) is 15.1. The minimum Gasteiger partial charge on any atom is -0.371 e. The second kappa shape index (κ2) is 8.67.